The van der Waals surface area contributed by atoms with E-state index in [4.69, 9.17) is 4.98 Å². The Morgan fingerprint density at radius 2 is 1.85 bits per heavy atom. The highest BCUT2D eigenvalue weighted by molar-refractivity contribution is 6.07. The molecule has 1 N–H and O–H groups in total. The van der Waals surface area contributed by atoms with E-state index in [9.17, 15) is 4.79 Å². The van der Waals surface area contributed by atoms with Crippen LogP contribution in [0.25, 0.3) is 21.8 Å². The molecule has 27 heavy (non-hydrogen) atoms. The van der Waals surface area contributed by atoms with Gasteiger partial charge in [0.15, 0.2) is 0 Å². The van der Waals surface area contributed by atoms with Crippen molar-refractivity contribution in [1.82, 2.24) is 14.9 Å². The molecular formula is C23H21N3O. The summed E-state index contributed by atoms with van der Waals surface area (Å²) >= 11 is 0. The number of rotatable bonds is 2. The number of aromatic amines is 1. The van der Waals surface area contributed by atoms with Crippen LogP contribution in [0.1, 0.15) is 34.1 Å². The van der Waals surface area contributed by atoms with Gasteiger partial charge < -0.3 is 9.88 Å². The van der Waals surface area contributed by atoms with Gasteiger partial charge in [0, 0.05) is 35.5 Å². The van der Waals surface area contributed by atoms with Crippen LogP contribution in [0.3, 0.4) is 0 Å². The molecule has 0 bridgehead atoms. The maximum absolute atomic E-state index is 13.0. The summed E-state index contributed by atoms with van der Waals surface area (Å²) in [5, 5.41) is 2.11. The highest BCUT2D eigenvalue weighted by Gasteiger charge is 2.29. The molecule has 0 aliphatic carbocycles. The summed E-state index contributed by atoms with van der Waals surface area (Å²) in [4.78, 5) is 23.1. The number of hydrogen-bond donors (Lipinski definition) is 1. The standard InChI is InChI=1S/C23H21N3O/c1-15-7-8-17-9-10-18-13-20(25-22(18)21(17)24-15)23(27)26-12-11-19(14-26)16-5-3-2-4-6-16/h2-10,13,19,24H,11-12,14H2,1H3/t19-/m1/s1. The number of carbonyl (C=O) groups is 1. The molecule has 1 amide bonds. The maximum atomic E-state index is 13.0. The lowest BCUT2D eigenvalue weighted by molar-refractivity contribution is 0.0786. The Bertz CT molecular complexity index is 1150. The molecule has 3 heterocycles. The van der Waals surface area contributed by atoms with Crippen molar-refractivity contribution in [2.45, 2.75) is 19.3 Å². The molecule has 0 unspecified atom stereocenters. The average Bonchev–Trinajstić information content (AvgIpc) is 3.35. The Balaban J connectivity index is 1.46. The van der Waals surface area contributed by atoms with Gasteiger partial charge in [0.25, 0.3) is 5.91 Å². The van der Waals surface area contributed by atoms with Crippen LogP contribution < -0.4 is 0 Å². The van der Waals surface area contributed by atoms with Gasteiger partial charge in [-0.15, -0.1) is 0 Å². The lowest BCUT2D eigenvalue weighted by atomic mass is 9.99. The first-order valence-electron chi connectivity index (χ1n) is 9.42. The summed E-state index contributed by atoms with van der Waals surface area (Å²) in [6.45, 7) is 3.58. The summed E-state index contributed by atoms with van der Waals surface area (Å²) in [5.41, 5.74) is 4.80. The molecule has 2 aromatic heterocycles. The van der Waals surface area contributed by atoms with Crippen LogP contribution in [-0.4, -0.2) is 33.9 Å². The van der Waals surface area contributed by atoms with Crippen molar-refractivity contribution >= 4 is 27.7 Å². The van der Waals surface area contributed by atoms with Gasteiger partial charge in [-0.05, 0) is 31.0 Å². The van der Waals surface area contributed by atoms with Gasteiger partial charge in [-0.3, -0.25) is 4.79 Å². The third-order valence-corrected chi connectivity index (χ3v) is 5.57. The number of likely N-dealkylation sites (tertiary alicyclic amines) is 1. The number of H-pyrrole nitrogens is 1. The minimum Gasteiger partial charge on any atom is -0.357 e. The fourth-order valence-electron chi connectivity index (χ4n) is 4.10. The number of hydrogen-bond acceptors (Lipinski definition) is 2. The topological polar surface area (TPSA) is 49.0 Å². The highest BCUT2D eigenvalue weighted by atomic mass is 16.2. The fraction of sp³-hybridized carbons (Fsp3) is 0.217. The Kier molecular flexibility index (Phi) is 3.71. The van der Waals surface area contributed by atoms with E-state index in [0.717, 1.165) is 47.0 Å². The van der Waals surface area contributed by atoms with E-state index in [1.807, 2.05) is 30.0 Å². The Morgan fingerprint density at radius 1 is 1.07 bits per heavy atom. The molecule has 0 saturated carbocycles. The summed E-state index contributed by atoms with van der Waals surface area (Å²) in [5.74, 6) is 0.446. The molecule has 5 rings (SSSR count). The van der Waals surface area contributed by atoms with Crippen molar-refractivity contribution in [2.24, 2.45) is 0 Å². The summed E-state index contributed by atoms with van der Waals surface area (Å²) in [6, 6.07) is 20.6. The number of nitrogens with zero attached hydrogens (tertiary/aromatic N) is 2. The lowest BCUT2D eigenvalue weighted by Gasteiger charge is -2.15. The molecule has 134 valence electrons. The Hall–Kier alpha value is -3.14. The number of pyridine rings is 1. The van der Waals surface area contributed by atoms with Crippen molar-refractivity contribution in [2.75, 3.05) is 13.1 Å². The normalized spacial score (nSPS) is 17.1. The monoisotopic (exact) mass is 355 g/mol. The fourth-order valence-corrected chi connectivity index (χ4v) is 4.10. The zero-order valence-corrected chi connectivity index (χ0v) is 15.3. The quantitative estimate of drug-likeness (QED) is 0.569. The van der Waals surface area contributed by atoms with E-state index >= 15 is 0 Å². The van der Waals surface area contributed by atoms with Gasteiger partial charge >= 0.3 is 0 Å². The van der Waals surface area contributed by atoms with E-state index in [1.165, 1.54) is 5.56 Å². The lowest BCUT2D eigenvalue weighted by Crippen LogP contribution is -2.28. The Labute approximate surface area is 157 Å². The largest absolute Gasteiger partial charge is 0.357 e. The van der Waals surface area contributed by atoms with Crippen LogP contribution in [0.5, 0.6) is 0 Å². The van der Waals surface area contributed by atoms with E-state index in [-0.39, 0.29) is 5.91 Å². The van der Waals surface area contributed by atoms with Crippen LogP contribution in [0.15, 0.2) is 60.7 Å². The van der Waals surface area contributed by atoms with Crippen molar-refractivity contribution in [3.8, 4) is 0 Å². The number of aryl methyl sites for hydroxylation is 1. The maximum Gasteiger partial charge on any atom is 0.272 e. The number of fused-ring (bicyclic) bond motifs is 3. The second-order valence-electron chi connectivity index (χ2n) is 7.40. The SMILES string of the molecule is Cc1ccc2ccc3cc(C(=O)N4CC[C@@H](c5ccccc5)C4)nc3c2[nH]1. The zero-order valence-electron chi connectivity index (χ0n) is 15.3. The number of aromatic nitrogens is 2. The molecule has 4 aromatic rings. The number of nitrogens with one attached hydrogen (secondary N) is 1. The summed E-state index contributed by atoms with van der Waals surface area (Å²) in [6.07, 6.45) is 1.01. The van der Waals surface area contributed by atoms with Crippen LogP contribution >= 0.6 is 0 Å². The second kappa shape index (κ2) is 6.23. The first-order chi connectivity index (χ1) is 13.2. The molecule has 2 aromatic carbocycles. The van der Waals surface area contributed by atoms with E-state index in [0.29, 0.717) is 11.6 Å². The molecule has 0 radical (unpaired) electrons. The highest BCUT2D eigenvalue weighted by Crippen LogP contribution is 2.29. The molecule has 1 saturated heterocycles. The smallest absolute Gasteiger partial charge is 0.272 e. The third kappa shape index (κ3) is 2.78. The minimum absolute atomic E-state index is 0.0328. The summed E-state index contributed by atoms with van der Waals surface area (Å²) in [7, 11) is 0. The van der Waals surface area contributed by atoms with Crippen LogP contribution in [-0.2, 0) is 0 Å². The molecule has 4 heteroatoms. The molecule has 1 atom stereocenters. The van der Waals surface area contributed by atoms with Gasteiger partial charge in [-0.1, -0.05) is 48.5 Å². The van der Waals surface area contributed by atoms with E-state index < -0.39 is 0 Å². The van der Waals surface area contributed by atoms with Crippen molar-refractivity contribution < 1.29 is 4.79 Å². The number of carbonyl (C=O) groups excluding carboxylic acids is 1. The molecule has 1 aliphatic heterocycles. The van der Waals surface area contributed by atoms with E-state index in [2.05, 4.69) is 47.4 Å². The molecular weight excluding hydrogens is 334 g/mol. The van der Waals surface area contributed by atoms with Crippen molar-refractivity contribution in [3.05, 3.63) is 77.6 Å². The van der Waals surface area contributed by atoms with Crippen molar-refractivity contribution in [3.63, 3.8) is 0 Å². The van der Waals surface area contributed by atoms with Gasteiger partial charge in [0.2, 0.25) is 0 Å². The number of amides is 1. The van der Waals surface area contributed by atoms with Gasteiger partial charge in [-0.2, -0.15) is 0 Å². The number of benzene rings is 2. The van der Waals surface area contributed by atoms with Gasteiger partial charge in [-0.25, -0.2) is 4.98 Å². The zero-order chi connectivity index (χ0) is 18.4. The predicted molar refractivity (Wildman–Crippen MR) is 108 cm³/mol. The third-order valence-electron chi connectivity index (χ3n) is 5.57. The molecule has 0 spiro atoms. The first-order valence-corrected chi connectivity index (χ1v) is 9.42. The Morgan fingerprint density at radius 3 is 2.70 bits per heavy atom. The molecule has 1 aliphatic rings. The molecule has 4 nitrogen and oxygen atoms in total. The predicted octanol–water partition coefficient (Wildman–Crippen LogP) is 4.65. The first kappa shape index (κ1) is 16.1. The van der Waals surface area contributed by atoms with Gasteiger partial charge in [0.05, 0.1) is 11.0 Å². The van der Waals surface area contributed by atoms with Gasteiger partial charge in [0.1, 0.15) is 5.69 Å². The average molecular weight is 355 g/mol. The van der Waals surface area contributed by atoms with Crippen LogP contribution in [0, 0.1) is 6.92 Å². The summed E-state index contributed by atoms with van der Waals surface area (Å²) < 4.78 is 0. The van der Waals surface area contributed by atoms with E-state index in [1.54, 1.807) is 0 Å². The molecule has 1 fully saturated rings. The second-order valence-corrected chi connectivity index (χ2v) is 7.40. The van der Waals surface area contributed by atoms with Crippen LogP contribution in [0.2, 0.25) is 0 Å². The van der Waals surface area contributed by atoms with Crippen molar-refractivity contribution in [1.29, 1.82) is 0 Å². The van der Waals surface area contributed by atoms with Crippen LogP contribution in [0.4, 0.5) is 0 Å². The minimum atomic E-state index is 0.0328.